The van der Waals surface area contributed by atoms with Crippen LogP contribution in [0.15, 0.2) is 22.7 Å². The summed E-state index contributed by atoms with van der Waals surface area (Å²) < 4.78 is 31.6. The van der Waals surface area contributed by atoms with Crippen molar-refractivity contribution in [3.8, 4) is 0 Å². The molecule has 128 valence electrons. The Morgan fingerprint density at radius 3 is 2.61 bits per heavy atom. The van der Waals surface area contributed by atoms with Gasteiger partial charge in [-0.3, -0.25) is 9.10 Å². The Balaban J connectivity index is 2.16. The van der Waals surface area contributed by atoms with Crippen LogP contribution in [-0.4, -0.2) is 32.8 Å². The van der Waals surface area contributed by atoms with Gasteiger partial charge in [0.15, 0.2) is 0 Å². The Bertz CT molecular complexity index is 709. The average Bonchev–Trinajstić information content (AvgIpc) is 2.72. The number of hydrogen-bond donors (Lipinski definition) is 0. The standard InChI is InChI=1S/C16H22BrNO4S/c1-16(2,3)22-15(19)8-5-11-10-18(23(4,20)21)14-7-6-12(17)9-13(11)14/h6-7,9,11H,5,8,10H2,1-4H3. The van der Waals surface area contributed by atoms with E-state index in [0.717, 1.165) is 10.0 Å². The minimum atomic E-state index is -3.33. The first kappa shape index (κ1) is 18.3. The van der Waals surface area contributed by atoms with Gasteiger partial charge in [-0.1, -0.05) is 15.9 Å². The van der Waals surface area contributed by atoms with Crippen LogP contribution in [0.25, 0.3) is 0 Å². The molecule has 0 radical (unpaired) electrons. The second kappa shape index (κ2) is 6.43. The van der Waals surface area contributed by atoms with Gasteiger partial charge in [0.05, 0.1) is 11.9 Å². The smallest absolute Gasteiger partial charge is 0.306 e. The van der Waals surface area contributed by atoms with E-state index in [-0.39, 0.29) is 18.3 Å². The summed E-state index contributed by atoms with van der Waals surface area (Å²) in [5.74, 6) is -0.267. The molecular formula is C16H22BrNO4S. The first-order valence-corrected chi connectivity index (χ1v) is 10.1. The maximum atomic E-state index is 12.0. The number of fused-ring (bicyclic) bond motifs is 1. The summed E-state index contributed by atoms with van der Waals surface area (Å²) in [4.78, 5) is 11.9. The molecule has 0 spiro atoms. The van der Waals surface area contributed by atoms with Crippen LogP contribution in [0.1, 0.15) is 45.1 Å². The number of esters is 1. The van der Waals surface area contributed by atoms with Gasteiger partial charge < -0.3 is 4.74 Å². The van der Waals surface area contributed by atoms with Crippen LogP contribution in [0, 0.1) is 0 Å². The van der Waals surface area contributed by atoms with Crippen LogP contribution in [0.3, 0.4) is 0 Å². The summed E-state index contributed by atoms with van der Waals surface area (Å²) in [6.45, 7) is 5.86. The van der Waals surface area contributed by atoms with Crippen LogP contribution in [-0.2, 0) is 19.6 Å². The maximum absolute atomic E-state index is 12.0. The van der Waals surface area contributed by atoms with E-state index >= 15 is 0 Å². The van der Waals surface area contributed by atoms with Gasteiger partial charge in [-0.25, -0.2) is 8.42 Å². The molecule has 0 N–H and O–H groups in total. The number of hydrogen-bond acceptors (Lipinski definition) is 4. The van der Waals surface area contributed by atoms with Crippen molar-refractivity contribution in [3.05, 3.63) is 28.2 Å². The lowest BCUT2D eigenvalue weighted by molar-refractivity contribution is -0.155. The maximum Gasteiger partial charge on any atom is 0.306 e. The number of sulfonamides is 1. The van der Waals surface area contributed by atoms with Crippen LogP contribution < -0.4 is 4.31 Å². The number of nitrogens with zero attached hydrogens (tertiary/aromatic N) is 1. The lowest BCUT2D eigenvalue weighted by Gasteiger charge is -2.20. The number of halogens is 1. The molecule has 7 heteroatoms. The summed E-state index contributed by atoms with van der Waals surface area (Å²) in [7, 11) is -3.33. The van der Waals surface area contributed by atoms with E-state index in [2.05, 4.69) is 15.9 Å². The monoisotopic (exact) mass is 403 g/mol. The third kappa shape index (κ3) is 4.70. The zero-order chi connectivity index (χ0) is 17.4. The predicted octanol–water partition coefficient (Wildman–Crippen LogP) is 3.43. The first-order chi connectivity index (χ1) is 10.5. The lowest BCUT2D eigenvalue weighted by Crippen LogP contribution is -2.29. The molecule has 23 heavy (non-hydrogen) atoms. The Labute approximate surface area is 146 Å². The molecule has 1 aliphatic heterocycles. The van der Waals surface area contributed by atoms with Gasteiger partial charge >= 0.3 is 5.97 Å². The van der Waals surface area contributed by atoms with Crippen LogP contribution >= 0.6 is 15.9 Å². The highest BCUT2D eigenvalue weighted by Gasteiger charge is 2.34. The minimum absolute atomic E-state index is 0.00950. The van der Waals surface area contributed by atoms with E-state index < -0.39 is 15.6 Å². The predicted molar refractivity (Wildman–Crippen MR) is 94.2 cm³/mol. The number of carbonyl (C=O) groups excluding carboxylic acids is 1. The molecule has 5 nitrogen and oxygen atoms in total. The number of benzene rings is 1. The molecule has 1 atom stereocenters. The molecular weight excluding hydrogens is 382 g/mol. The Morgan fingerprint density at radius 1 is 1.39 bits per heavy atom. The molecule has 0 bridgehead atoms. The highest BCUT2D eigenvalue weighted by molar-refractivity contribution is 9.10. The number of carbonyl (C=O) groups is 1. The molecule has 1 heterocycles. The Morgan fingerprint density at radius 2 is 2.04 bits per heavy atom. The molecule has 0 saturated heterocycles. The highest BCUT2D eigenvalue weighted by atomic mass is 79.9. The molecule has 1 aromatic carbocycles. The minimum Gasteiger partial charge on any atom is -0.460 e. The highest BCUT2D eigenvalue weighted by Crippen LogP contribution is 2.41. The molecule has 0 saturated carbocycles. The van der Waals surface area contributed by atoms with Crippen molar-refractivity contribution in [3.63, 3.8) is 0 Å². The molecule has 0 fully saturated rings. The zero-order valence-electron chi connectivity index (χ0n) is 13.8. The summed E-state index contributed by atoms with van der Waals surface area (Å²) in [6.07, 6.45) is 2.03. The first-order valence-electron chi connectivity index (χ1n) is 7.46. The molecule has 1 aliphatic rings. The van der Waals surface area contributed by atoms with Gasteiger partial charge in [-0.15, -0.1) is 0 Å². The topological polar surface area (TPSA) is 63.7 Å². The lowest BCUT2D eigenvalue weighted by atomic mass is 9.96. The molecule has 0 aromatic heterocycles. The largest absolute Gasteiger partial charge is 0.460 e. The van der Waals surface area contributed by atoms with Gasteiger partial charge in [0.25, 0.3) is 0 Å². The second-order valence-corrected chi connectivity index (χ2v) is 9.64. The van der Waals surface area contributed by atoms with Crippen molar-refractivity contribution < 1.29 is 17.9 Å². The molecule has 0 aliphatic carbocycles. The normalized spacial score (nSPS) is 18.0. The van der Waals surface area contributed by atoms with Gasteiger partial charge in [0, 0.05) is 23.4 Å². The molecule has 1 aromatic rings. The van der Waals surface area contributed by atoms with Crippen LogP contribution in [0.2, 0.25) is 0 Å². The SMILES string of the molecule is CC(C)(C)OC(=O)CCC1CN(S(C)(=O)=O)c2ccc(Br)cc21. The van der Waals surface area contributed by atoms with E-state index in [0.29, 0.717) is 18.7 Å². The van der Waals surface area contributed by atoms with Crippen molar-refractivity contribution >= 4 is 37.6 Å². The van der Waals surface area contributed by atoms with Crippen LogP contribution in [0.4, 0.5) is 5.69 Å². The second-order valence-electron chi connectivity index (χ2n) is 6.82. The number of ether oxygens (including phenoxy) is 1. The van der Waals surface area contributed by atoms with E-state index in [9.17, 15) is 13.2 Å². The zero-order valence-corrected chi connectivity index (χ0v) is 16.2. The number of anilines is 1. The van der Waals surface area contributed by atoms with E-state index in [4.69, 9.17) is 4.74 Å². The summed E-state index contributed by atoms with van der Waals surface area (Å²) in [5, 5.41) is 0. The van der Waals surface area contributed by atoms with E-state index in [1.807, 2.05) is 32.9 Å². The Kier molecular flexibility index (Phi) is 5.11. The molecule has 2 rings (SSSR count). The fourth-order valence-electron chi connectivity index (χ4n) is 2.72. The Hall–Kier alpha value is -1.08. The van der Waals surface area contributed by atoms with Gasteiger partial charge in [-0.2, -0.15) is 0 Å². The molecule has 1 unspecified atom stereocenters. The van der Waals surface area contributed by atoms with Crippen molar-refractivity contribution in [1.29, 1.82) is 0 Å². The van der Waals surface area contributed by atoms with E-state index in [1.54, 1.807) is 6.07 Å². The summed E-state index contributed by atoms with van der Waals surface area (Å²) >= 11 is 3.42. The quantitative estimate of drug-likeness (QED) is 0.722. The summed E-state index contributed by atoms with van der Waals surface area (Å²) in [5.41, 5.74) is 1.14. The fraction of sp³-hybridized carbons (Fsp3) is 0.562. The molecule has 0 amide bonds. The average molecular weight is 404 g/mol. The van der Waals surface area contributed by atoms with Crippen molar-refractivity contribution in [1.82, 2.24) is 0 Å². The van der Waals surface area contributed by atoms with Crippen molar-refractivity contribution in [2.75, 3.05) is 17.1 Å². The summed E-state index contributed by atoms with van der Waals surface area (Å²) in [6, 6.07) is 5.56. The van der Waals surface area contributed by atoms with Crippen molar-refractivity contribution in [2.45, 2.75) is 45.1 Å². The van der Waals surface area contributed by atoms with Crippen LogP contribution in [0.5, 0.6) is 0 Å². The van der Waals surface area contributed by atoms with Crippen molar-refractivity contribution in [2.24, 2.45) is 0 Å². The number of rotatable bonds is 4. The third-order valence-corrected chi connectivity index (χ3v) is 5.24. The van der Waals surface area contributed by atoms with Gasteiger partial charge in [0.1, 0.15) is 5.60 Å². The third-order valence-electron chi connectivity index (χ3n) is 3.60. The van der Waals surface area contributed by atoms with E-state index in [1.165, 1.54) is 10.6 Å². The van der Waals surface area contributed by atoms with Gasteiger partial charge in [0.2, 0.25) is 10.0 Å². The fourth-order valence-corrected chi connectivity index (χ4v) is 4.07. The van der Waals surface area contributed by atoms with Gasteiger partial charge in [-0.05, 0) is 51.0 Å².